The van der Waals surface area contributed by atoms with Gasteiger partial charge in [0.25, 0.3) is 5.91 Å². The van der Waals surface area contributed by atoms with Gasteiger partial charge in [-0.1, -0.05) is 29.3 Å². The highest BCUT2D eigenvalue weighted by molar-refractivity contribution is 6.36. The maximum absolute atomic E-state index is 12.4. The zero-order valence-electron chi connectivity index (χ0n) is 14.4. The Hall–Kier alpha value is -3.01. The van der Waals surface area contributed by atoms with Crippen molar-refractivity contribution in [2.75, 3.05) is 12.4 Å². The predicted molar refractivity (Wildman–Crippen MR) is 103 cm³/mol. The Balaban J connectivity index is 2.29. The number of hydrogen-bond acceptors (Lipinski definition) is 5. The van der Waals surface area contributed by atoms with Crippen molar-refractivity contribution in [1.29, 1.82) is 5.26 Å². The van der Waals surface area contributed by atoms with Crippen LogP contribution in [-0.2, 0) is 9.59 Å². The van der Waals surface area contributed by atoms with Crippen LogP contribution in [0.4, 0.5) is 5.69 Å². The molecule has 0 aliphatic carbocycles. The third-order valence-electron chi connectivity index (χ3n) is 3.29. The average Bonchev–Trinajstić information content (AvgIpc) is 2.63. The SMILES string of the molecule is COc1cc(C=C(C#N)C(=O)Nc2cc(Cl)ccc2Cl)ccc1OC(C)=O. The number of nitrogens with zero attached hydrogens (tertiary/aromatic N) is 1. The average molecular weight is 405 g/mol. The Morgan fingerprint density at radius 1 is 1.15 bits per heavy atom. The number of rotatable bonds is 5. The highest BCUT2D eigenvalue weighted by atomic mass is 35.5. The number of ether oxygens (including phenoxy) is 2. The van der Waals surface area contributed by atoms with Crippen LogP contribution in [0.1, 0.15) is 12.5 Å². The number of hydrogen-bond donors (Lipinski definition) is 1. The van der Waals surface area contributed by atoms with Gasteiger partial charge >= 0.3 is 5.97 Å². The van der Waals surface area contributed by atoms with Gasteiger partial charge in [0.05, 0.1) is 17.8 Å². The molecule has 0 aromatic heterocycles. The van der Waals surface area contributed by atoms with Crippen molar-refractivity contribution in [1.82, 2.24) is 0 Å². The number of nitrogens with one attached hydrogen (secondary N) is 1. The van der Waals surface area contributed by atoms with E-state index in [1.807, 2.05) is 6.07 Å². The second kappa shape index (κ2) is 9.08. The molecule has 1 N–H and O–H groups in total. The molecule has 0 bridgehead atoms. The summed E-state index contributed by atoms with van der Waals surface area (Å²) >= 11 is 11.9. The molecular weight excluding hydrogens is 391 g/mol. The van der Waals surface area contributed by atoms with E-state index in [1.165, 1.54) is 44.4 Å². The fourth-order valence-electron chi connectivity index (χ4n) is 2.11. The third kappa shape index (κ3) is 5.48. The Morgan fingerprint density at radius 3 is 2.52 bits per heavy atom. The van der Waals surface area contributed by atoms with E-state index < -0.39 is 11.9 Å². The molecular formula is C19H14Cl2N2O4. The number of anilines is 1. The molecule has 0 radical (unpaired) electrons. The van der Waals surface area contributed by atoms with Gasteiger partial charge < -0.3 is 14.8 Å². The summed E-state index contributed by atoms with van der Waals surface area (Å²) in [6.45, 7) is 1.27. The lowest BCUT2D eigenvalue weighted by atomic mass is 10.1. The maximum Gasteiger partial charge on any atom is 0.308 e. The lowest BCUT2D eigenvalue weighted by Crippen LogP contribution is -2.13. The molecule has 8 heteroatoms. The first-order chi connectivity index (χ1) is 12.8. The normalized spacial score (nSPS) is 10.7. The zero-order valence-corrected chi connectivity index (χ0v) is 15.9. The van der Waals surface area contributed by atoms with E-state index in [9.17, 15) is 14.9 Å². The van der Waals surface area contributed by atoms with E-state index >= 15 is 0 Å². The van der Waals surface area contributed by atoms with Crippen LogP contribution in [0.25, 0.3) is 6.08 Å². The molecule has 0 spiro atoms. The molecule has 0 aliphatic heterocycles. The zero-order chi connectivity index (χ0) is 20.0. The highest BCUT2D eigenvalue weighted by Crippen LogP contribution is 2.29. The van der Waals surface area contributed by atoms with Gasteiger partial charge in [-0.15, -0.1) is 0 Å². The van der Waals surface area contributed by atoms with Crippen molar-refractivity contribution in [3.63, 3.8) is 0 Å². The van der Waals surface area contributed by atoms with Gasteiger partial charge in [-0.05, 0) is 42.0 Å². The molecule has 1 amide bonds. The molecule has 138 valence electrons. The second-order valence-corrected chi connectivity index (χ2v) is 6.10. The van der Waals surface area contributed by atoms with Gasteiger partial charge in [0.2, 0.25) is 0 Å². The van der Waals surface area contributed by atoms with Crippen molar-refractivity contribution in [2.24, 2.45) is 0 Å². The molecule has 0 heterocycles. The fourth-order valence-corrected chi connectivity index (χ4v) is 2.45. The number of nitriles is 1. The summed E-state index contributed by atoms with van der Waals surface area (Å²) in [6.07, 6.45) is 1.37. The van der Waals surface area contributed by atoms with Crippen LogP contribution in [0.2, 0.25) is 10.0 Å². The summed E-state index contributed by atoms with van der Waals surface area (Å²) < 4.78 is 10.2. The highest BCUT2D eigenvalue weighted by Gasteiger charge is 2.13. The number of esters is 1. The molecule has 0 fully saturated rings. The molecule has 2 rings (SSSR count). The van der Waals surface area contributed by atoms with Crippen molar-refractivity contribution in [3.05, 3.63) is 57.6 Å². The standard InChI is InChI=1S/C19H14Cl2N2O4/c1-11(24)27-17-6-3-12(8-18(17)26-2)7-13(10-22)19(25)23-16-9-14(20)4-5-15(16)21/h3-9H,1-2H3,(H,23,25). The summed E-state index contributed by atoms with van der Waals surface area (Å²) in [6, 6.07) is 11.1. The van der Waals surface area contributed by atoms with Crippen molar-refractivity contribution < 1.29 is 19.1 Å². The van der Waals surface area contributed by atoms with Crippen LogP contribution in [0.5, 0.6) is 11.5 Å². The van der Waals surface area contributed by atoms with Crippen LogP contribution < -0.4 is 14.8 Å². The molecule has 0 atom stereocenters. The van der Waals surface area contributed by atoms with Crippen LogP contribution in [0.15, 0.2) is 42.0 Å². The van der Waals surface area contributed by atoms with Gasteiger partial charge in [-0.25, -0.2) is 0 Å². The molecule has 0 saturated heterocycles. The van der Waals surface area contributed by atoms with Gasteiger partial charge in [-0.2, -0.15) is 5.26 Å². The Morgan fingerprint density at radius 2 is 1.89 bits per heavy atom. The summed E-state index contributed by atoms with van der Waals surface area (Å²) in [5, 5.41) is 12.5. The fraction of sp³-hybridized carbons (Fsp3) is 0.105. The van der Waals surface area contributed by atoms with E-state index in [2.05, 4.69) is 5.32 Å². The molecule has 6 nitrogen and oxygen atoms in total. The van der Waals surface area contributed by atoms with E-state index in [4.69, 9.17) is 32.7 Å². The van der Waals surface area contributed by atoms with Gasteiger partial charge in [0.15, 0.2) is 11.5 Å². The Kier molecular flexibility index (Phi) is 6.83. The molecule has 0 unspecified atom stereocenters. The maximum atomic E-state index is 12.4. The first-order valence-corrected chi connectivity index (χ1v) is 8.34. The van der Waals surface area contributed by atoms with Crippen LogP contribution >= 0.6 is 23.2 Å². The number of halogens is 2. The van der Waals surface area contributed by atoms with Crippen LogP contribution in [-0.4, -0.2) is 19.0 Å². The van der Waals surface area contributed by atoms with E-state index in [0.717, 1.165) is 0 Å². The van der Waals surface area contributed by atoms with Crippen molar-refractivity contribution in [2.45, 2.75) is 6.92 Å². The summed E-state index contributed by atoms with van der Waals surface area (Å²) in [4.78, 5) is 23.5. The van der Waals surface area contributed by atoms with Crippen molar-refractivity contribution in [3.8, 4) is 17.6 Å². The lowest BCUT2D eigenvalue weighted by molar-refractivity contribution is -0.132. The van der Waals surface area contributed by atoms with Gasteiger partial charge in [-0.3, -0.25) is 9.59 Å². The third-order valence-corrected chi connectivity index (χ3v) is 3.86. The second-order valence-electron chi connectivity index (χ2n) is 5.25. The Bertz CT molecular complexity index is 965. The minimum Gasteiger partial charge on any atom is -0.493 e. The predicted octanol–water partition coefficient (Wildman–Crippen LogP) is 4.47. The molecule has 0 saturated carbocycles. The topological polar surface area (TPSA) is 88.4 Å². The first-order valence-electron chi connectivity index (χ1n) is 7.58. The van der Waals surface area contributed by atoms with E-state index in [-0.39, 0.29) is 27.8 Å². The first kappa shape index (κ1) is 20.3. The van der Waals surface area contributed by atoms with Crippen LogP contribution in [0, 0.1) is 11.3 Å². The van der Waals surface area contributed by atoms with Crippen LogP contribution in [0.3, 0.4) is 0 Å². The summed E-state index contributed by atoms with van der Waals surface area (Å²) in [5.41, 5.74) is 0.637. The molecule has 0 aliphatic rings. The van der Waals surface area contributed by atoms with Gasteiger partial charge in [0.1, 0.15) is 11.6 Å². The molecule has 2 aromatic rings. The largest absolute Gasteiger partial charge is 0.493 e. The smallest absolute Gasteiger partial charge is 0.308 e. The number of carbonyl (C=O) groups excluding carboxylic acids is 2. The van der Waals surface area contributed by atoms with Crippen molar-refractivity contribution >= 4 is 46.8 Å². The minimum atomic E-state index is -0.648. The lowest BCUT2D eigenvalue weighted by Gasteiger charge is -2.09. The molecule has 2 aromatic carbocycles. The number of amides is 1. The Labute approximate surface area is 165 Å². The molecule has 27 heavy (non-hydrogen) atoms. The van der Waals surface area contributed by atoms with Gasteiger partial charge in [0, 0.05) is 11.9 Å². The number of benzene rings is 2. The minimum absolute atomic E-state index is 0.159. The monoisotopic (exact) mass is 404 g/mol. The van der Waals surface area contributed by atoms with E-state index in [1.54, 1.807) is 12.1 Å². The number of carbonyl (C=O) groups is 2. The summed E-state index contributed by atoms with van der Waals surface area (Å²) in [7, 11) is 1.41. The van der Waals surface area contributed by atoms with E-state index in [0.29, 0.717) is 10.6 Å². The summed E-state index contributed by atoms with van der Waals surface area (Å²) in [5.74, 6) is -0.623. The number of methoxy groups -OCH3 is 1. The quantitative estimate of drug-likeness (QED) is 0.343.